The molecule has 1 rings (SSSR count). The van der Waals surface area contributed by atoms with Crippen LogP contribution in [0.5, 0.6) is 0 Å². The molecule has 76 valence electrons. The zero-order chi connectivity index (χ0) is 10.4. The van der Waals surface area contributed by atoms with Crippen molar-refractivity contribution in [1.29, 1.82) is 0 Å². The Hall–Kier alpha value is -1.20. The standard InChI is InChI=1S/C9H13N3OS/c10-6-14-5-7-1-3-8(4-2-7)9(11)12-13/h1-4,13H,5-6,10H2,(H2,11,12). The number of nitrogens with two attached hydrogens (primary N) is 2. The van der Waals surface area contributed by atoms with Crippen LogP contribution >= 0.6 is 11.8 Å². The number of benzene rings is 1. The van der Waals surface area contributed by atoms with E-state index in [-0.39, 0.29) is 5.84 Å². The molecule has 0 heterocycles. The summed E-state index contributed by atoms with van der Waals surface area (Å²) in [4.78, 5) is 0. The zero-order valence-corrected chi connectivity index (χ0v) is 8.50. The minimum Gasteiger partial charge on any atom is -0.409 e. The maximum Gasteiger partial charge on any atom is 0.170 e. The minimum absolute atomic E-state index is 0.128. The second-order valence-electron chi connectivity index (χ2n) is 2.70. The number of amidine groups is 1. The van der Waals surface area contributed by atoms with Crippen molar-refractivity contribution >= 4 is 17.6 Å². The highest BCUT2D eigenvalue weighted by Gasteiger charge is 1.98. The first-order valence-corrected chi connectivity index (χ1v) is 5.28. The number of nitrogens with zero attached hydrogens (tertiary/aromatic N) is 1. The predicted molar refractivity (Wildman–Crippen MR) is 59.3 cm³/mol. The van der Waals surface area contributed by atoms with Crippen molar-refractivity contribution in [2.75, 3.05) is 5.88 Å². The third kappa shape index (κ3) is 2.93. The van der Waals surface area contributed by atoms with E-state index in [0.717, 1.165) is 5.75 Å². The maximum atomic E-state index is 8.44. The molecule has 0 bridgehead atoms. The molecule has 0 unspecified atom stereocenters. The van der Waals surface area contributed by atoms with Crippen LogP contribution in [0.4, 0.5) is 0 Å². The van der Waals surface area contributed by atoms with E-state index >= 15 is 0 Å². The summed E-state index contributed by atoms with van der Waals surface area (Å²) in [6, 6.07) is 7.52. The average Bonchev–Trinajstić information content (AvgIpc) is 2.26. The number of oxime groups is 1. The molecule has 0 atom stereocenters. The van der Waals surface area contributed by atoms with E-state index in [1.807, 2.05) is 24.3 Å². The lowest BCUT2D eigenvalue weighted by Gasteiger charge is -2.01. The molecule has 0 saturated heterocycles. The van der Waals surface area contributed by atoms with Crippen LogP contribution in [0.1, 0.15) is 11.1 Å². The van der Waals surface area contributed by atoms with Gasteiger partial charge in [-0.2, -0.15) is 0 Å². The van der Waals surface area contributed by atoms with Crippen LogP contribution in [0, 0.1) is 0 Å². The van der Waals surface area contributed by atoms with Crippen molar-refractivity contribution in [3.05, 3.63) is 35.4 Å². The van der Waals surface area contributed by atoms with E-state index in [1.54, 1.807) is 11.8 Å². The van der Waals surface area contributed by atoms with Gasteiger partial charge in [-0.3, -0.25) is 0 Å². The molecule has 14 heavy (non-hydrogen) atoms. The molecule has 0 radical (unpaired) electrons. The first kappa shape index (κ1) is 10.9. The highest BCUT2D eigenvalue weighted by molar-refractivity contribution is 7.98. The molecule has 0 spiro atoms. The fourth-order valence-electron chi connectivity index (χ4n) is 1.01. The van der Waals surface area contributed by atoms with Gasteiger partial charge in [0.1, 0.15) is 0 Å². The van der Waals surface area contributed by atoms with Crippen molar-refractivity contribution in [3.63, 3.8) is 0 Å². The van der Waals surface area contributed by atoms with Crippen LogP contribution in [-0.4, -0.2) is 16.9 Å². The van der Waals surface area contributed by atoms with Gasteiger partial charge in [0.15, 0.2) is 5.84 Å². The second kappa shape index (κ2) is 5.51. The summed E-state index contributed by atoms with van der Waals surface area (Å²) in [6.07, 6.45) is 0. The lowest BCUT2D eigenvalue weighted by molar-refractivity contribution is 0.318. The van der Waals surface area contributed by atoms with E-state index in [1.165, 1.54) is 5.56 Å². The van der Waals surface area contributed by atoms with Gasteiger partial charge in [-0.1, -0.05) is 29.4 Å². The largest absolute Gasteiger partial charge is 0.409 e. The molecular formula is C9H13N3OS. The highest BCUT2D eigenvalue weighted by atomic mass is 32.2. The zero-order valence-electron chi connectivity index (χ0n) is 7.68. The van der Waals surface area contributed by atoms with Gasteiger partial charge in [0, 0.05) is 17.2 Å². The van der Waals surface area contributed by atoms with E-state index in [2.05, 4.69) is 5.16 Å². The van der Waals surface area contributed by atoms with E-state index in [0.29, 0.717) is 11.4 Å². The molecule has 0 aromatic heterocycles. The Morgan fingerprint density at radius 3 is 2.50 bits per heavy atom. The lowest BCUT2D eigenvalue weighted by atomic mass is 10.1. The van der Waals surface area contributed by atoms with Crippen molar-refractivity contribution < 1.29 is 5.21 Å². The van der Waals surface area contributed by atoms with Crippen LogP contribution < -0.4 is 11.5 Å². The summed E-state index contributed by atoms with van der Waals surface area (Å²) in [6.45, 7) is 0. The number of thioether (sulfide) groups is 1. The van der Waals surface area contributed by atoms with Crippen LogP contribution in [0.25, 0.3) is 0 Å². The minimum atomic E-state index is 0.128. The Morgan fingerprint density at radius 2 is 2.00 bits per heavy atom. The van der Waals surface area contributed by atoms with Gasteiger partial charge in [-0.15, -0.1) is 11.8 Å². The third-order valence-corrected chi connectivity index (χ3v) is 2.52. The molecule has 0 saturated carbocycles. The van der Waals surface area contributed by atoms with Crippen molar-refractivity contribution in [2.24, 2.45) is 16.6 Å². The molecule has 0 aliphatic carbocycles. The molecular weight excluding hydrogens is 198 g/mol. The van der Waals surface area contributed by atoms with Crippen LogP contribution in [0.2, 0.25) is 0 Å². The Labute approximate surface area is 87.0 Å². The highest BCUT2D eigenvalue weighted by Crippen LogP contribution is 2.11. The van der Waals surface area contributed by atoms with Gasteiger partial charge >= 0.3 is 0 Å². The van der Waals surface area contributed by atoms with Gasteiger partial charge in [0.2, 0.25) is 0 Å². The number of hydrogen-bond acceptors (Lipinski definition) is 4. The summed E-state index contributed by atoms with van der Waals surface area (Å²) in [5.74, 6) is 1.62. The van der Waals surface area contributed by atoms with Crippen molar-refractivity contribution in [3.8, 4) is 0 Å². The van der Waals surface area contributed by atoms with E-state index in [9.17, 15) is 0 Å². The van der Waals surface area contributed by atoms with Crippen LogP contribution in [0.3, 0.4) is 0 Å². The maximum absolute atomic E-state index is 8.44. The Morgan fingerprint density at radius 1 is 1.36 bits per heavy atom. The molecule has 1 aromatic rings. The summed E-state index contributed by atoms with van der Waals surface area (Å²) in [7, 11) is 0. The average molecular weight is 211 g/mol. The topological polar surface area (TPSA) is 84.6 Å². The molecule has 0 amide bonds. The summed E-state index contributed by atoms with van der Waals surface area (Å²) >= 11 is 1.65. The first-order valence-electron chi connectivity index (χ1n) is 4.12. The van der Waals surface area contributed by atoms with Gasteiger partial charge in [-0.05, 0) is 5.56 Å². The van der Waals surface area contributed by atoms with Gasteiger partial charge in [0.05, 0.1) is 0 Å². The first-order chi connectivity index (χ1) is 6.77. The van der Waals surface area contributed by atoms with Gasteiger partial charge in [0.25, 0.3) is 0 Å². The summed E-state index contributed by atoms with van der Waals surface area (Å²) in [5.41, 5.74) is 12.7. The number of hydrogen-bond donors (Lipinski definition) is 3. The number of rotatable bonds is 4. The molecule has 4 nitrogen and oxygen atoms in total. The summed E-state index contributed by atoms with van der Waals surface area (Å²) in [5, 5.41) is 11.4. The van der Waals surface area contributed by atoms with Crippen molar-refractivity contribution in [2.45, 2.75) is 5.75 Å². The lowest BCUT2D eigenvalue weighted by Crippen LogP contribution is -2.12. The fourth-order valence-corrected chi connectivity index (χ4v) is 1.55. The SMILES string of the molecule is NCSCc1ccc(C(N)=NO)cc1. The molecule has 5 N–H and O–H groups in total. The predicted octanol–water partition coefficient (Wildman–Crippen LogP) is 0.931. The molecule has 0 fully saturated rings. The third-order valence-electron chi connectivity index (χ3n) is 1.74. The van der Waals surface area contributed by atoms with Gasteiger partial charge < -0.3 is 16.7 Å². The second-order valence-corrected chi connectivity index (χ2v) is 3.73. The Balaban J connectivity index is 2.68. The van der Waals surface area contributed by atoms with E-state index < -0.39 is 0 Å². The normalized spacial score (nSPS) is 11.6. The molecule has 1 aromatic carbocycles. The molecule has 5 heteroatoms. The summed E-state index contributed by atoms with van der Waals surface area (Å²) < 4.78 is 0. The molecule has 0 aliphatic rings. The smallest absolute Gasteiger partial charge is 0.170 e. The van der Waals surface area contributed by atoms with E-state index in [4.69, 9.17) is 16.7 Å². The van der Waals surface area contributed by atoms with Crippen LogP contribution in [0.15, 0.2) is 29.4 Å². The Bertz CT molecular complexity index is 310. The van der Waals surface area contributed by atoms with Crippen LogP contribution in [-0.2, 0) is 5.75 Å². The quantitative estimate of drug-likeness (QED) is 0.227. The van der Waals surface area contributed by atoms with Gasteiger partial charge in [-0.25, -0.2) is 0 Å². The fraction of sp³-hybridized carbons (Fsp3) is 0.222. The van der Waals surface area contributed by atoms with Crippen molar-refractivity contribution in [1.82, 2.24) is 0 Å². The monoisotopic (exact) mass is 211 g/mol. The Kier molecular flexibility index (Phi) is 4.28. The molecule has 0 aliphatic heterocycles.